The van der Waals surface area contributed by atoms with E-state index in [0.29, 0.717) is 62.0 Å². The van der Waals surface area contributed by atoms with Crippen LogP contribution in [-0.2, 0) is 36.8 Å². The van der Waals surface area contributed by atoms with Gasteiger partial charge in [0.25, 0.3) is 5.91 Å². The Kier molecular flexibility index (Phi) is 20.1. The van der Waals surface area contributed by atoms with E-state index in [9.17, 15) is 59.4 Å². The molecule has 0 unspecified atom stereocenters. The second-order valence-electron chi connectivity index (χ2n) is 20.1. The summed E-state index contributed by atoms with van der Waals surface area (Å²) in [6, 6.07) is 8.20. The summed E-state index contributed by atoms with van der Waals surface area (Å²) in [5, 5.41) is 22.1. The number of methoxy groups -OCH3 is 1. The molecule has 80 heavy (non-hydrogen) atoms. The predicted octanol–water partition coefficient (Wildman–Crippen LogP) is 6.48. The van der Waals surface area contributed by atoms with Gasteiger partial charge in [-0.25, -0.2) is 33.0 Å². The van der Waals surface area contributed by atoms with Gasteiger partial charge in [0.15, 0.2) is 6.10 Å². The number of ether oxygens (including phenoxy) is 3. The Balaban J connectivity index is 1.31. The van der Waals surface area contributed by atoms with Crippen LogP contribution in [0.25, 0.3) is 11.3 Å². The maximum atomic E-state index is 16.0. The minimum Gasteiger partial charge on any atom is -0.453 e. The number of rotatable bonds is 19. The van der Waals surface area contributed by atoms with Gasteiger partial charge >= 0.3 is 31.1 Å². The zero-order valence-corrected chi connectivity index (χ0v) is 44.2. The molecule has 4 heterocycles. The topological polar surface area (TPSA) is 205 Å². The van der Waals surface area contributed by atoms with E-state index >= 15 is 8.78 Å². The SMILES string of the molecule is CNC(=O)O[C@H](C(=O)NN(Cc1c(F)cc(-c2ccn(C(F)F)n2)cc1F)C[C@H](O)[C@H](Cc1ccc(C#Cc2ccc(N3CCN([C@H]4CCOC4)CC3)nc2)cc1)NC(=O)[C@@H](NC(=O)OC)C(C)(C)C(F)(F)F)C(C)(C)C(F)(F)F. The molecule has 2 aliphatic heterocycles. The van der Waals surface area contributed by atoms with Gasteiger partial charge in [-0.3, -0.25) is 19.9 Å². The van der Waals surface area contributed by atoms with Crippen molar-refractivity contribution in [2.75, 3.05) is 65.0 Å². The van der Waals surface area contributed by atoms with E-state index in [0.717, 1.165) is 78.1 Å². The molecule has 18 nitrogen and oxygen atoms in total. The van der Waals surface area contributed by atoms with E-state index in [1.165, 1.54) is 24.3 Å². The lowest BCUT2D eigenvalue weighted by Crippen LogP contribution is -2.62. The summed E-state index contributed by atoms with van der Waals surface area (Å²) in [5.41, 5.74) is -4.57. The first-order chi connectivity index (χ1) is 37.5. The Morgan fingerprint density at radius 2 is 1.48 bits per heavy atom. The second-order valence-corrected chi connectivity index (χ2v) is 20.1. The van der Waals surface area contributed by atoms with Gasteiger partial charge in [0.2, 0.25) is 5.91 Å². The van der Waals surface area contributed by atoms with Crippen LogP contribution in [0.2, 0.25) is 0 Å². The smallest absolute Gasteiger partial charge is 0.407 e. The van der Waals surface area contributed by atoms with Crippen molar-refractivity contribution >= 4 is 29.8 Å². The number of hydrogen-bond acceptors (Lipinski definition) is 13. The van der Waals surface area contributed by atoms with Crippen molar-refractivity contribution in [2.45, 2.75) is 96.3 Å². The highest BCUT2D eigenvalue weighted by Crippen LogP contribution is 2.43. The molecule has 4 aromatic rings. The predicted molar refractivity (Wildman–Crippen MR) is 267 cm³/mol. The maximum Gasteiger partial charge on any atom is 0.407 e. The summed E-state index contributed by atoms with van der Waals surface area (Å²) < 4.78 is 161. The molecule has 2 fully saturated rings. The molecular formula is C52H60F10N10O8. The number of alkyl carbamates (subject to hydrolysis) is 2. The van der Waals surface area contributed by atoms with Gasteiger partial charge in [0.1, 0.15) is 28.9 Å². The van der Waals surface area contributed by atoms with Crippen molar-refractivity contribution in [1.82, 2.24) is 46.0 Å². The first-order valence-electron chi connectivity index (χ1n) is 24.9. The molecule has 4 amide bonds. The molecule has 2 aromatic carbocycles. The van der Waals surface area contributed by atoms with Crippen LogP contribution in [0.1, 0.15) is 62.9 Å². The number of hydrogen-bond donors (Lipinski definition) is 5. The van der Waals surface area contributed by atoms with Crippen LogP contribution < -0.4 is 26.3 Å². The number of benzene rings is 2. The Labute approximate surface area is 453 Å². The number of anilines is 1. The van der Waals surface area contributed by atoms with E-state index in [-0.39, 0.29) is 21.5 Å². The van der Waals surface area contributed by atoms with E-state index in [2.05, 4.69) is 41.8 Å². The molecule has 2 saturated heterocycles. The average molecular weight is 1140 g/mol. The van der Waals surface area contributed by atoms with Gasteiger partial charge < -0.3 is 40.2 Å². The molecule has 436 valence electrons. The van der Waals surface area contributed by atoms with Crippen LogP contribution in [0.5, 0.6) is 0 Å². The van der Waals surface area contributed by atoms with Crippen LogP contribution in [0.4, 0.5) is 59.3 Å². The van der Waals surface area contributed by atoms with Crippen molar-refractivity contribution in [3.05, 3.63) is 101 Å². The first-order valence-corrected chi connectivity index (χ1v) is 24.9. The van der Waals surface area contributed by atoms with Crippen LogP contribution >= 0.6 is 0 Å². The quantitative estimate of drug-likeness (QED) is 0.0388. The Hall–Kier alpha value is -7.22. The number of alkyl halides is 8. The number of nitrogens with zero attached hydrogens (tertiary/aromatic N) is 6. The number of piperazine rings is 1. The molecule has 2 aliphatic rings. The van der Waals surface area contributed by atoms with Gasteiger partial charge in [0.05, 0.1) is 37.0 Å². The molecule has 6 rings (SSSR count). The van der Waals surface area contributed by atoms with Gasteiger partial charge in [-0.05, 0) is 88.6 Å². The molecule has 0 spiro atoms. The molecule has 2 aromatic heterocycles. The zero-order valence-electron chi connectivity index (χ0n) is 44.2. The number of aromatic nitrogens is 3. The average Bonchev–Trinajstić information content (AvgIpc) is 4.22. The first kappa shape index (κ1) is 62.0. The van der Waals surface area contributed by atoms with Gasteiger partial charge in [-0.1, -0.05) is 24.0 Å². The van der Waals surface area contributed by atoms with Crippen molar-refractivity contribution < 1.29 is 82.4 Å². The van der Waals surface area contributed by atoms with Crippen LogP contribution in [0.15, 0.2) is 67.0 Å². The van der Waals surface area contributed by atoms with E-state index in [1.54, 1.807) is 6.20 Å². The minimum absolute atomic E-state index is 0.196. The number of aliphatic hydroxyl groups is 1. The fourth-order valence-corrected chi connectivity index (χ4v) is 8.61. The summed E-state index contributed by atoms with van der Waals surface area (Å²) in [6.07, 6.45) is -15.4. The van der Waals surface area contributed by atoms with Crippen molar-refractivity contribution in [1.29, 1.82) is 0 Å². The van der Waals surface area contributed by atoms with Gasteiger partial charge in [-0.15, -0.1) is 0 Å². The highest BCUT2D eigenvalue weighted by Gasteiger charge is 2.58. The molecule has 5 N–H and O–H groups in total. The number of nitrogens with one attached hydrogen (secondary N) is 4. The van der Waals surface area contributed by atoms with Crippen LogP contribution in [0.3, 0.4) is 0 Å². The summed E-state index contributed by atoms with van der Waals surface area (Å²) in [7, 11) is 1.79. The molecule has 0 aliphatic carbocycles. The zero-order chi connectivity index (χ0) is 58.9. The van der Waals surface area contributed by atoms with Crippen molar-refractivity contribution in [3.8, 4) is 23.1 Å². The molecule has 0 saturated carbocycles. The number of aliphatic hydroxyl groups excluding tert-OH is 1. The molecule has 0 radical (unpaired) electrons. The van der Waals surface area contributed by atoms with Gasteiger partial charge in [0, 0.05) is 93.6 Å². The molecule has 0 bridgehead atoms. The van der Waals surface area contributed by atoms with Crippen LogP contribution in [0, 0.1) is 34.3 Å². The molecular weight excluding hydrogens is 1080 g/mol. The van der Waals surface area contributed by atoms with E-state index < -0.39 is 115 Å². The number of carbonyl (C=O) groups is 4. The summed E-state index contributed by atoms with van der Waals surface area (Å²) in [5.74, 6) is 0.619. The standard InChI is InChI=1S/C52H60F10N10O8/c1-49(2,51(57,58)59)42(66-48(77)78-6)44(74)65-39(23-31-10-7-30(8-11-31)9-12-32-13-14-41(64-26-32)70-20-18-69(19-21-70)34-16-22-79-29-34)40(73)28-71(68-45(75)43(80-47(76)63-5)50(3,4)52(60,61)62)27-35-36(53)24-33(25-37(35)54)38-15-17-72(67-38)46(55)56/h7-8,10-11,13-15,17,24-26,34,39-40,42-43,46,73H,16,18-23,27-29H2,1-6H3,(H,63,76)(H,65,74)(H,66,77)(H,68,75)/t34-,39-,40-,42+,43+/m0/s1. The third-order valence-electron chi connectivity index (χ3n) is 13.8. The number of hydrazine groups is 1. The monoisotopic (exact) mass is 1140 g/mol. The highest BCUT2D eigenvalue weighted by molar-refractivity contribution is 5.87. The summed E-state index contributed by atoms with van der Waals surface area (Å²) >= 11 is 0. The Bertz CT molecular complexity index is 2820. The maximum absolute atomic E-state index is 16.0. The van der Waals surface area contributed by atoms with E-state index in [1.807, 2.05) is 28.2 Å². The van der Waals surface area contributed by atoms with Crippen molar-refractivity contribution in [3.63, 3.8) is 0 Å². The third kappa shape index (κ3) is 15.4. The third-order valence-corrected chi connectivity index (χ3v) is 13.8. The summed E-state index contributed by atoms with van der Waals surface area (Å²) in [6.45, 7) is 1.56. The Morgan fingerprint density at radius 3 is 2.01 bits per heavy atom. The van der Waals surface area contributed by atoms with Crippen molar-refractivity contribution in [2.24, 2.45) is 10.8 Å². The molecule has 28 heteroatoms. The lowest BCUT2D eigenvalue weighted by molar-refractivity contribution is -0.239. The lowest BCUT2D eigenvalue weighted by Gasteiger charge is -2.38. The largest absolute Gasteiger partial charge is 0.453 e. The second kappa shape index (κ2) is 25.9. The summed E-state index contributed by atoms with van der Waals surface area (Å²) in [4.78, 5) is 62.0. The fourth-order valence-electron chi connectivity index (χ4n) is 8.61. The normalized spacial score (nSPS) is 17.0. The fraction of sp³-hybridized carbons (Fsp3) is 0.500. The van der Waals surface area contributed by atoms with Crippen LogP contribution in [-0.4, -0.2) is 157 Å². The number of halogens is 10. The minimum atomic E-state index is -5.27. The number of amides is 4. The lowest BCUT2D eigenvalue weighted by atomic mass is 9.82. The highest BCUT2D eigenvalue weighted by atomic mass is 19.4. The number of pyridine rings is 1. The van der Waals surface area contributed by atoms with E-state index in [4.69, 9.17) is 9.47 Å². The number of carbonyl (C=O) groups excluding carboxylic acids is 4. The Morgan fingerprint density at radius 1 is 0.850 bits per heavy atom. The van der Waals surface area contributed by atoms with Gasteiger partial charge in [-0.2, -0.15) is 40.2 Å². The molecule has 5 atom stereocenters.